The zero-order chi connectivity index (χ0) is 16.5. The molecule has 1 aliphatic rings. The molecule has 1 aromatic carbocycles. The molecule has 0 bridgehead atoms. The Morgan fingerprint density at radius 3 is 2.54 bits per heavy atom. The average molecular weight is 446 g/mol. The standard InChI is InChI=1S/C18H30N4O.HI/c1-15-9-13-22(14-10-15)12-4-3-11-20-18(19)21-16-5-7-17(23-2)8-6-16;/h5-8,15H,3-4,9-14H2,1-2H3,(H3,19,20,21);1H. The molecular weight excluding hydrogens is 415 g/mol. The number of likely N-dealkylation sites (tertiary alicyclic amines) is 1. The molecule has 136 valence electrons. The number of nitrogens with one attached hydrogen (secondary N) is 1. The van der Waals surface area contributed by atoms with Crippen molar-refractivity contribution in [3.05, 3.63) is 24.3 Å². The number of nitrogens with zero attached hydrogens (tertiary/aromatic N) is 2. The van der Waals surface area contributed by atoms with Crippen molar-refractivity contribution < 1.29 is 4.74 Å². The summed E-state index contributed by atoms with van der Waals surface area (Å²) in [6.07, 6.45) is 4.96. The number of hydrogen-bond acceptors (Lipinski definition) is 3. The van der Waals surface area contributed by atoms with E-state index < -0.39 is 0 Å². The van der Waals surface area contributed by atoms with Gasteiger partial charge in [-0.2, -0.15) is 0 Å². The van der Waals surface area contributed by atoms with Crippen LogP contribution in [0.2, 0.25) is 0 Å². The highest BCUT2D eigenvalue weighted by molar-refractivity contribution is 14.0. The molecule has 5 nitrogen and oxygen atoms in total. The number of halogens is 1. The van der Waals surface area contributed by atoms with Crippen molar-refractivity contribution in [2.45, 2.75) is 32.6 Å². The average Bonchev–Trinajstić information content (AvgIpc) is 2.57. The van der Waals surface area contributed by atoms with Crippen molar-refractivity contribution in [1.82, 2.24) is 4.90 Å². The van der Waals surface area contributed by atoms with E-state index in [9.17, 15) is 0 Å². The fourth-order valence-corrected chi connectivity index (χ4v) is 2.79. The van der Waals surface area contributed by atoms with Crippen LogP contribution in [-0.2, 0) is 0 Å². The summed E-state index contributed by atoms with van der Waals surface area (Å²) in [7, 11) is 1.66. The highest BCUT2D eigenvalue weighted by Crippen LogP contribution is 2.16. The van der Waals surface area contributed by atoms with Gasteiger partial charge >= 0.3 is 0 Å². The molecule has 1 aliphatic heterocycles. The largest absolute Gasteiger partial charge is 0.497 e. The normalized spacial score (nSPS) is 16.5. The molecule has 1 heterocycles. The lowest BCUT2D eigenvalue weighted by atomic mass is 9.99. The number of ether oxygens (including phenoxy) is 1. The van der Waals surface area contributed by atoms with Gasteiger partial charge in [-0.15, -0.1) is 24.0 Å². The fourth-order valence-electron chi connectivity index (χ4n) is 2.79. The van der Waals surface area contributed by atoms with Crippen molar-refractivity contribution in [2.75, 3.05) is 38.6 Å². The third-order valence-corrected chi connectivity index (χ3v) is 4.40. The van der Waals surface area contributed by atoms with Crippen LogP contribution in [0.4, 0.5) is 5.69 Å². The minimum atomic E-state index is 0. The smallest absolute Gasteiger partial charge is 0.193 e. The summed E-state index contributed by atoms with van der Waals surface area (Å²) in [4.78, 5) is 6.96. The molecule has 0 amide bonds. The van der Waals surface area contributed by atoms with Crippen molar-refractivity contribution in [1.29, 1.82) is 0 Å². The summed E-state index contributed by atoms with van der Waals surface area (Å²) in [6.45, 7) is 6.83. The van der Waals surface area contributed by atoms with E-state index in [0.717, 1.165) is 30.3 Å². The summed E-state index contributed by atoms with van der Waals surface area (Å²) in [5.41, 5.74) is 6.84. The van der Waals surface area contributed by atoms with E-state index in [2.05, 4.69) is 22.1 Å². The molecule has 1 fully saturated rings. The van der Waals surface area contributed by atoms with Crippen LogP contribution < -0.4 is 15.8 Å². The number of benzene rings is 1. The predicted octanol–water partition coefficient (Wildman–Crippen LogP) is 3.55. The summed E-state index contributed by atoms with van der Waals surface area (Å²) >= 11 is 0. The lowest BCUT2D eigenvalue weighted by Gasteiger charge is -2.30. The quantitative estimate of drug-likeness (QED) is 0.291. The van der Waals surface area contributed by atoms with Crippen molar-refractivity contribution in [3.8, 4) is 5.75 Å². The van der Waals surface area contributed by atoms with Gasteiger partial charge in [0.2, 0.25) is 0 Å². The number of guanidine groups is 1. The first kappa shape index (κ1) is 21.0. The Balaban J connectivity index is 0.00000288. The van der Waals surface area contributed by atoms with Crippen molar-refractivity contribution in [2.24, 2.45) is 16.6 Å². The monoisotopic (exact) mass is 446 g/mol. The molecule has 0 spiro atoms. The van der Waals surface area contributed by atoms with Gasteiger partial charge in [0.05, 0.1) is 7.11 Å². The lowest BCUT2D eigenvalue weighted by Crippen LogP contribution is -2.33. The maximum atomic E-state index is 5.91. The number of aliphatic imine (C=N–C) groups is 1. The highest BCUT2D eigenvalue weighted by atomic mass is 127. The van der Waals surface area contributed by atoms with Gasteiger partial charge in [0.1, 0.15) is 5.75 Å². The van der Waals surface area contributed by atoms with Gasteiger partial charge < -0.3 is 20.7 Å². The first-order chi connectivity index (χ1) is 11.2. The maximum absolute atomic E-state index is 5.91. The van der Waals surface area contributed by atoms with Crippen LogP contribution in [-0.4, -0.2) is 44.1 Å². The molecule has 0 aliphatic carbocycles. The van der Waals surface area contributed by atoms with Gasteiger partial charge in [0, 0.05) is 12.2 Å². The van der Waals surface area contributed by atoms with Crippen LogP contribution in [0.5, 0.6) is 5.75 Å². The minimum Gasteiger partial charge on any atom is -0.497 e. The minimum absolute atomic E-state index is 0. The molecule has 24 heavy (non-hydrogen) atoms. The second-order valence-corrected chi connectivity index (χ2v) is 6.35. The molecule has 0 saturated carbocycles. The van der Waals surface area contributed by atoms with Crippen LogP contribution in [0.3, 0.4) is 0 Å². The van der Waals surface area contributed by atoms with E-state index in [1.54, 1.807) is 7.11 Å². The lowest BCUT2D eigenvalue weighted by molar-refractivity contribution is 0.190. The molecule has 1 saturated heterocycles. The number of nitrogens with two attached hydrogens (primary N) is 1. The molecule has 2 rings (SSSR count). The number of hydrogen-bond donors (Lipinski definition) is 2. The molecular formula is C18H31IN4O. The van der Waals surface area contributed by atoms with Gasteiger partial charge in [-0.3, -0.25) is 4.99 Å². The topological polar surface area (TPSA) is 62.9 Å². The summed E-state index contributed by atoms with van der Waals surface area (Å²) in [5.74, 6) is 2.21. The van der Waals surface area contributed by atoms with E-state index in [4.69, 9.17) is 10.5 Å². The Labute approximate surface area is 163 Å². The van der Waals surface area contributed by atoms with Crippen LogP contribution in [0, 0.1) is 5.92 Å². The van der Waals surface area contributed by atoms with E-state index in [-0.39, 0.29) is 24.0 Å². The first-order valence-electron chi connectivity index (χ1n) is 8.60. The SMILES string of the molecule is COc1ccc(NC(N)=NCCCCN2CCC(C)CC2)cc1.I. The molecule has 0 atom stereocenters. The first-order valence-corrected chi connectivity index (χ1v) is 8.60. The van der Waals surface area contributed by atoms with Gasteiger partial charge in [-0.25, -0.2) is 0 Å². The van der Waals surface area contributed by atoms with Gasteiger partial charge in [0.15, 0.2) is 5.96 Å². The Kier molecular flexibility index (Phi) is 10.1. The Morgan fingerprint density at radius 1 is 1.25 bits per heavy atom. The zero-order valence-electron chi connectivity index (χ0n) is 14.8. The van der Waals surface area contributed by atoms with Crippen molar-refractivity contribution >= 4 is 35.6 Å². The molecule has 0 unspecified atom stereocenters. The second kappa shape index (κ2) is 11.5. The van der Waals surface area contributed by atoms with E-state index >= 15 is 0 Å². The Hall–Kier alpha value is -1.02. The van der Waals surface area contributed by atoms with Crippen LogP contribution >= 0.6 is 24.0 Å². The summed E-state index contributed by atoms with van der Waals surface area (Å²) < 4.78 is 5.13. The third-order valence-electron chi connectivity index (χ3n) is 4.40. The fraction of sp³-hybridized carbons (Fsp3) is 0.611. The molecule has 0 radical (unpaired) electrons. The number of piperidine rings is 1. The number of rotatable bonds is 7. The van der Waals surface area contributed by atoms with Gasteiger partial charge in [-0.05, 0) is 75.5 Å². The summed E-state index contributed by atoms with van der Waals surface area (Å²) in [5, 5.41) is 3.10. The molecule has 0 aromatic heterocycles. The van der Waals surface area contributed by atoms with Crippen LogP contribution in [0.25, 0.3) is 0 Å². The van der Waals surface area contributed by atoms with Gasteiger partial charge in [-0.1, -0.05) is 6.92 Å². The maximum Gasteiger partial charge on any atom is 0.193 e. The number of anilines is 1. The van der Waals surface area contributed by atoms with Gasteiger partial charge in [0.25, 0.3) is 0 Å². The molecule has 6 heteroatoms. The number of methoxy groups -OCH3 is 1. The third kappa shape index (κ3) is 7.70. The zero-order valence-corrected chi connectivity index (χ0v) is 17.2. The highest BCUT2D eigenvalue weighted by Gasteiger charge is 2.14. The van der Waals surface area contributed by atoms with Crippen molar-refractivity contribution in [3.63, 3.8) is 0 Å². The van der Waals surface area contributed by atoms with E-state index in [0.29, 0.717) is 5.96 Å². The predicted molar refractivity (Wildman–Crippen MR) is 113 cm³/mol. The Bertz CT molecular complexity index is 484. The van der Waals surface area contributed by atoms with E-state index in [1.807, 2.05) is 24.3 Å². The van der Waals surface area contributed by atoms with Crippen LogP contribution in [0.15, 0.2) is 29.3 Å². The van der Waals surface area contributed by atoms with Crippen LogP contribution in [0.1, 0.15) is 32.6 Å². The summed E-state index contributed by atoms with van der Waals surface area (Å²) in [6, 6.07) is 7.65. The second-order valence-electron chi connectivity index (χ2n) is 6.35. The molecule has 3 N–H and O–H groups in total. The Morgan fingerprint density at radius 2 is 1.92 bits per heavy atom. The van der Waals surface area contributed by atoms with E-state index in [1.165, 1.54) is 38.9 Å². The number of unbranched alkanes of at least 4 members (excludes halogenated alkanes) is 1. The molecule has 1 aromatic rings.